The van der Waals surface area contributed by atoms with E-state index in [1.165, 1.54) is 19.3 Å². The summed E-state index contributed by atoms with van der Waals surface area (Å²) in [5.41, 5.74) is 0. The van der Waals surface area contributed by atoms with Crippen LogP contribution in [0.5, 0.6) is 0 Å². The Morgan fingerprint density at radius 1 is 1.38 bits per heavy atom. The molecule has 29 heavy (non-hydrogen) atoms. The minimum absolute atomic E-state index is 0. The molecule has 1 saturated heterocycles. The molecule has 1 fully saturated rings. The van der Waals surface area contributed by atoms with Crippen molar-refractivity contribution in [3.05, 3.63) is 12.2 Å². The number of amides is 1. The molecule has 1 aliphatic heterocycles. The van der Waals surface area contributed by atoms with Crippen LogP contribution in [0, 0.1) is 5.92 Å². The number of nitrogens with one attached hydrogen (secondary N) is 2. The lowest BCUT2D eigenvalue weighted by molar-refractivity contribution is -0.127. The van der Waals surface area contributed by atoms with Crippen LogP contribution in [0.25, 0.3) is 0 Å². The normalized spacial score (nSPS) is 16.3. The summed E-state index contributed by atoms with van der Waals surface area (Å²) in [6.07, 6.45) is 8.46. The van der Waals surface area contributed by atoms with Gasteiger partial charge in [0, 0.05) is 39.6 Å². The maximum Gasteiger partial charge on any atom is 0.243 e. The molecule has 8 nitrogen and oxygen atoms in total. The molecule has 0 bridgehead atoms. The number of likely N-dealkylation sites (N-methyl/N-ethyl adjacent to an activating group) is 1. The van der Waals surface area contributed by atoms with Crippen molar-refractivity contribution in [2.24, 2.45) is 10.9 Å². The van der Waals surface area contributed by atoms with Gasteiger partial charge in [0.15, 0.2) is 5.96 Å². The second kappa shape index (κ2) is 13.8. The Bertz CT molecular complexity index is 598. The number of halogens is 1. The van der Waals surface area contributed by atoms with E-state index in [1.807, 2.05) is 0 Å². The molecular weight excluding hydrogens is 481 g/mol. The fourth-order valence-electron chi connectivity index (χ4n) is 3.51. The van der Waals surface area contributed by atoms with E-state index in [4.69, 9.17) is 0 Å². The number of rotatable bonds is 9. The highest BCUT2D eigenvalue weighted by molar-refractivity contribution is 14.0. The van der Waals surface area contributed by atoms with Crippen LogP contribution in [0.4, 0.5) is 0 Å². The number of aromatic amines is 1. The molecule has 0 aliphatic carbocycles. The van der Waals surface area contributed by atoms with Crippen molar-refractivity contribution in [2.75, 3.05) is 40.3 Å². The van der Waals surface area contributed by atoms with Crippen molar-refractivity contribution in [3.63, 3.8) is 0 Å². The van der Waals surface area contributed by atoms with Crippen LogP contribution >= 0.6 is 24.0 Å². The number of nitrogens with zero attached hydrogens (tertiary/aromatic N) is 5. The first-order valence-corrected chi connectivity index (χ1v) is 10.6. The minimum Gasteiger partial charge on any atom is -0.356 e. The van der Waals surface area contributed by atoms with Crippen LogP contribution in [0.3, 0.4) is 0 Å². The summed E-state index contributed by atoms with van der Waals surface area (Å²) in [6.45, 7) is 7.38. The highest BCUT2D eigenvalue weighted by Crippen LogP contribution is 2.25. The summed E-state index contributed by atoms with van der Waals surface area (Å²) in [5, 5.41) is 10.5. The zero-order valence-corrected chi connectivity index (χ0v) is 20.7. The van der Waals surface area contributed by atoms with Gasteiger partial charge in [0.25, 0.3) is 0 Å². The SMILES string of the molecule is CCCCC(CC)CNC(=NCC(=O)N(C)C)N1CCC(c2ncn[nH]2)CC1.I. The van der Waals surface area contributed by atoms with E-state index >= 15 is 0 Å². The first kappa shape index (κ1) is 25.6. The molecule has 0 radical (unpaired) electrons. The van der Waals surface area contributed by atoms with Crippen molar-refractivity contribution in [3.8, 4) is 0 Å². The van der Waals surface area contributed by atoms with Crippen LogP contribution in [-0.2, 0) is 4.79 Å². The number of aromatic nitrogens is 3. The van der Waals surface area contributed by atoms with Gasteiger partial charge < -0.3 is 15.1 Å². The van der Waals surface area contributed by atoms with E-state index in [-0.39, 0.29) is 36.4 Å². The van der Waals surface area contributed by atoms with Gasteiger partial charge in [-0.05, 0) is 25.2 Å². The Morgan fingerprint density at radius 2 is 2.10 bits per heavy atom. The van der Waals surface area contributed by atoms with Gasteiger partial charge in [-0.25, -0.2) is 9.98 Å². The van der Waals surface area contributed by atoms with E-state index in [9.17, 15) is 4.79 Å². The monoisotopic (exact) mass is 519 g/mol. The van der Waals surface area contributed by atoms with Gasteiger partial charge in [-0.1, -0.05) is 33.1 Å². The second-order valence-electron chi connectivity index (χ2n) is 7.86. The third kappa shape index (κ3) is 8.47. The number of hydrogen-bond acceptors (Lipinski definition) is 4. The molecule has 1 aliphatic rings. The summed E-state index contributed by atoms with van der Waals surface area (Å²) < 4.78 is 0. The van der Waals surface area contributed by atoms with Gasteiger partial charge in [-0.3, -0.25) is 9.89 Å². The van der Waals surface area contributed by atoms with Crippen LogP contribution in [-0.4, -0.2) is 77.1 Å². The molecular formula is C20H38IN7O. The van der Waals surface area contributed by atoms with Crippen LogP contribution in [0.1, 0.15) is 64.1 Å². The summed E-state index contributed by atoms with van der Waals surface area (Å²) in [7, 11) is 3.54. The lowest BCUT2D eigenvalue weighted by Crippen LogP contribution is -2.47. The molecule has 2 rings (SSSR count). The average Bonchev–Trinajstić information content (AvgIpc) is 3.25. The molecule has 0 saturated carbocycles. The van der Waals surface area contributed by atoms with Gasteiger partial charge in [0.1, 0.15) is 18.7 Å². The first-order chi connectivity index (χ1) is 13.5. The average molecular weight is 519 g/mol. The van der Waals surface area contributed by atoms with E-state index in [0.717, 1.165) is 50.7 Å². The molecule has 1 unspecified atom stereocenters. The standard InChI is InChI=1S/C20H37N7O.HI/c1-5-7-8-16(6-2)13-21-20(22-14-18(28)26(3)4)27-11-9-17(10-12-27)19-23-15-24-25-19;/h15-17H,5-14H2,1-4H3,(H,21,22)(H,23,24,25);1H. The molecule has 0 spiro atoms. The zero-order chi connectivity index (χ0) is 20.4. The van der Waals surface area contributed by atoms with Crippen molar-refractivity contribution >= 4 is 35.8 Å². The molecule has 1 amide bonds. The van der Waals surface area contributed by atoms with E-state index in [1.54, 1.807) is 25.3 Å². The predicted molar refractivity (Wildman–Crippen MR) is 128 cm³/mol. The lowest BCUT2D eigenvalue weighted by atomic mass is 9.96. The first-order valence-electron chi connectivity index (χ1n) is 10.6. The number of aliphatic imine (C=N–C) groups is 1. The Morgan fingerprint density at radius 3 is 2.66 bits per heavy atom. The van der Waals surface area contributed by atoms with Crippen LogP contribution < -0.4 is 5.32 Å². The molecule has 1 atom stereocenters. The molecule has 2 heterocycles. The number of unbranched alkanes of at least 4 members (excludes halogenated alkanes) is 1. The van der Waals surface area contributed by atoms with E-state index in [2.05, 4.69) is 44.2 Å². The fraction of sp³-hybridized carbons (Fsp3) is 0.800. The number of hydrogen-bond donors (Lipinski definition) is 2. The van der Waals surface area contributed by atoms with Gasteiger partial charge in [0.2, 0.25) is 5.91 Å². The van der Waals surface area contributed by atoms with Crippen molar-refractivity contribution in [1.29, 1.82) is 0 Å². The maximum absolute atomic E-state index is 12.0. The third-order valence-electron chi connectivity index (χ3n) is 5.57. The quantitative estimate of drug-likeness (QED) is 0.298. The molecule has 166 valence electrons. The minimum atomic E-state index is 0. The van der Waals surface area contributed by atoms with Crippen LogP contribution in [0.15, 0.2) is 11.3 Å². The van der Waals surface area contributed by atoms with E-state index < -0.39 is 0 Å². The Kier molecular flexibility index (Phi) is 12.2. The van der Waals surface area contributed by atoms with E-state index in [0.29, 0.717) is 11.8 Å². The number of guanidine groups is 1. The highest BCUT2D eigenvalue weighted by atomic mass is 127. The number of carbonyl (C=O) groups excluding carboxylic acids is 1. The maximum atomic E-state index is 12.0. The fourth-order valence-corrected chi connectivity index (χ4v) is 3.51. The number of H-pyrrole nitrogens is 1. The predicted octanol–water partition coefficient (Wildman–Crippen LogP) is 2.85. The van der Waals surface area contributed by atoms with Crippen molar-refractivity contribution < 1.29 is 4.79 Å². The number of piperidine rings is 1. The number of carbonyl (C=O) groups is 1. The Hall–Kier alpha value is -1.39. The summed E-state index contributed by atoms with van der Waals surface area (Å²) in [5.74, 6) is 2.91. The molecule has 1 aromatic rings. The number of likely N-dealkylation sites (tertiary alicyclic amines) is 1. The van der Waals surface area contributed by atoms with Gasteiger partial charge >= 0.3 is 0 Å². The molecule has 1 aromatic heterocycles. The second-order valence-corrected chi connectivity index (χ2v) is 7.86. The zero-order valence-electron chi connectivity index (χ0n) is 18.4. The summed E-state index contributed by atoms with van der Waals surface area (Å²) in [6, 6.07) is 0. The largest absolute Gasteiger partial charge is 0.356 e. The molecule has 2 N–H and O–H groups in total. The van der Waals surface area contributed by atoms with Gasteiger partial charge in [-0.2, -0.15) is 5.10 Å². The van der Waals surface area contributed by atoms with Crippen molar-refractivity contribution in [1.82, 2.24) is 30.3 Å². The smallest absolute Gasteiger partial charge is 0.243 e. The van der Waals surface area contributed by atoms with Gasteiger partial charge in [-0.15, -0.1) is 24.0 Å². The van der Waals surface area contributed by atoms with Gasteiger partial charge in [0.05, 0.1) is 0 Å². The molecule has 9 heteroatoms. The lowest BCUT2D eigenvalue weighted by Gasteiger charge is -2.34. The Balaban J connectivity index is 0.00000420. The summed E-state index contributed by atoms with van der Waals surface area (Å²) in [4.78, 5) is 24.9. The third-order valence-corrected chi connectivity index (χ3v) is 5.57. The highest BCUT2D eigenvalue weighted by Gasteiger charge is 2.25. The summed E-state index contributed by atoms with van der Waals surface area (Å²) >= 11 is 0. The topological polar surface area (TPSA) is 89.5 Å². The van der Waals surface area contributed by atoms with Crippen molar-refractivity contribution in [2.45, 2.75) is 58.3 Å². The molecule has 0 aromatic carbocycles. The van der Waals surface area contributed by atoms with Crippen LogP contribution in [0.2, 0.25) is 0 Å². The Labute approximate surface area is 192 Å².